The molecule has 0 aromatic carbocycles. The Morgan fingerprint density at radius 2 is 1.69 bits per heavy atom. The number of hydrogen-bond donors (Lipinski definition) is 1. The van der Waals surface area contributed by atoms with Crippen LogP contribution >= 0.6 is 11.8 Å². The van der Waals surface area contributed by atoms with Crippen molar-refractivity contribution in [1.82, 2.24) is 4.90 Å². The second-order valence-corrected chi connectivity index (χ2v) is 5.91. The van der Waals surface area contributed by atoms with Gasteiger partial charge in [-0.2, -0.15) is 11.8 Å². The number of nitrogens with two attached hydrogens (primary N) is 1. The lowest BCUT2D eigenvalue weighted by molar-refractivity contribution is -0.131. The van der Waals surface area contributed by atoms with Crippen molar-refractivity contribution >= 4 is 17.7 Å². The Kier molecular flexibility index (Phi) is 7.85. The molecule has 4 heteroatoms. The van der Waals surface area contributed by atoms with E-state index >= 15 is 0 Å². The molecule has 0 aliphatic rings. The van der Waals surface area contributed by atoms with Gasteiger partial charge in [0.1, 0.15) is 0 Å². The first kappa shape index (κ1) is 15.8. The summed E-state index contributed by atoms with van der Waals surface area (Å²) in [5.74, 6) is 1.77. The van der Waals surface area contributed by atoms with Crippen molar-refractivity contribution in [2.75, 3.05) is 11.5 Å². The Hall–Kier alpha value is -0.220. The molecule has 0 spiro atoms. The van der Waals surface area contributed by atoms with Crippen LogP contribution in [-0.2, 0) is 4.79 Å². The average molecular weight is 246 g/mol. The van der Waals surface area contributed by atoms with Crippen LogP contribution in [0.2, 0.25) is 0 Å². The maximum atomic E-state index is 11.9. The minimum absolute atomic E-state index is 0.230. The van der Waals surface area contributed by atoms with Crippen LogP contribution in [-0.4, -0.2) is 40.4 Å². The van der Waals surface area contributed by atoms with Gasteiger partial charge in [0.2, 0.25) is 5.91 Å². The van der Waals surface area contributed by atoms with Crippen LogP contribution in [0.1, 0.15) is 41.0 Å². The monoisotopic (exact) mass is 246 g/mol. The van der Waals surface area contributed by atoms with E-state index in [1.807, 2.05) is 11.8 Å². The van der Waals surface area contributed by atoms with Crippen molar-refractivity contribution in [2.45, 2.75) is 59.2 Å². The van der Waals surface area contributed by atoms with E-state index in [0.717, 1.165) is 12.2 Å². The van der Waals surface area contributed by atoms with E-state index in [2.05, 4.69) is 27.7 Å². The van der Waals surface area contributed by atoms with Crippen LogP contribution < -0.4 is 5.73 Å². The van der Waals surface area contributed by atoms with E-state index in [1.54, 1.807) is 11.8 Å². The van der Waals surface area contributed by atoms with Crippen LogP contribution in [0.5, 0.6) is 0 Å². The van der Waals surface area contributed by atoms with Gasteiger partial charge in [-0.15, -0.1) is 0 Å². The second-order valence-electron chi connectivity index (χ2n) is 4.81. The maximum absolute atomic E-state index is 11.9. The summed E-state index contributed by atoms with van der Waals surface area (Å²) in [5, 5.41) is 0. The summed E-state index contributed by atoms with van der Waals surface area (Å²) in [7, 11) is 0. The SMILES string of the molecule is CC(N)CCSCC(=O)N(C(C)C)C(C)C. The summed E-state index contributed by atoms with van der Waals surface area (Å²) in [6.45, 7) is 10.2. The third kappa shape index (κ3) is 6.38. The molecule has 2 N–H and O–H groups in total. The average Bonchev–Trinajstić information content (AvgIpc) is 2.10. The van der Waals surface area contributed by atoms with Crippen molar-refractivity contribution in [1.29, 1.82) is 0 Å². The molecule has 0 saturated carbocycles. The highest BCUT2D eigenvalue weighted by Gasteiger charge is 2.19. The molecule has 0 aliphatic carbocycles. The van der Waals surface area contributed by atoms with Crippen LogP contribution in [0.25, 0.3) is 0 Å². The first-order valence-electron chi connectivity index (χ1n) is 6.00. The molecule has 3 nitrogen and oxygen atoms in total. The molecule has 0 saturated heterocycles. The van der Waals surface area contributed by atoms with E-state index in [9.17, 15) is 4.79 Å². The predicted octanol–water partition coefficient (Wildman–Crippen LogP) is 2.10. The summed E-state index contributed by atoms with van der Waals surface area (Å²) in [4.78, 5) is 13.9. The van der Waals surface area contributed by atoms with Crippen molar-refractivity contribution in [3.05, 3.63) is 0 Å². The molecule has 96 valence electrons. The van der Waals surface area contributed by atoms with Gasteiger partial charge in [-0.3, -0.25) is 4.79 Å². The minimum Gasteiger partial charge on any atom is -0.337 e. The highest BCUT2D eigenvalue weighted by molar-refractivity contribution is 7.99. The summed E-state index contributed by atoms with van der Waals surface area (Å²) in [6, 6.07) is 0.789. The first-order chi connectivity index (χ1) is 7.36. The van der Waals surface area contributed by atoms with Crippen molar-refractivity contribution in [2.24, 2.45) is 5.73 Å². The lowest BCUT2D eigenvalue weighted by atomic mass is 10.2. The molecule has 1 atom stereocenters. The maximum Gasteiger partial charge on any atom is 0.233 e. The fraction of sp³-hybridized carbons (Fsp3) is 0.917. The number of carbonyl (C=O) groups is 1. The van der Waals surface area contributed by atoms with Crippen molar-refractivity contribution in [3.63, 3.8) is 0 Å². The minimum atomic E-state index is 0.230. The third-order valence-corrected chi connectivity index (χ3v) is 3.32. The Morgan fingerprint density at radius 1 is 1.19 bits per heavy atom. The van der Waals surface area contributed by atoms with Gasteiger partial charge in [-0.05, 0) is 46.8 Å². The topological polar surface area (TPSA) is 46.3 Å². The van der Waals surface area contributed by atoms with Crippen LogP contribution in [0.4, 0.5) is 0 Å². The quantitative estimate of drug-likeness (QED) is 0.700. The number of hydrogen-bond acceptors (Lipinski definition) is 3. The molecule has 0 radical (unpaired) electrons. The molecule has 0 aliphatic heterocycles. The van der Waals surface area contributed by atoms with Crippen LogP contribution in [0.15, 0.2) is 0 Å². The molecule has 0 rings (SSSR count). The van der Waals surface area contributed by atoms with Crippen LogP contribution in [0.3, 0.4) is 0 Å². The summed E-state index contributed by atoms with van der Waals surface area (Å²) < 4.78 is 0. The smallest absolute Gasteiger partial charge is 0.233 e. The van der Waals surface area contributed by atoms with Gasteiger partial charge < -0.3 is 10.6 Å². The van der Waals surface area contributed by atoms with Crippen molar-refractivity contribution < 1.29 is 4.79 Å². The van der Waals surface area contributed by atoms with E-state index in [0.29, 0.717) is 5.75 Å². The summed E-state index contributed by atoms with van der Waals surface area (Å²) in [6.07, 6.45) is 0.974. The largest absolute Gasteiger partial charge is 0.337 e. The van der Waals surface area contributed by atoms with E-state index in [4.69, 9.17) is 5.73 Å². The molecule has 16 heavy (non-hydrogen) atoms. The molecule has 0 heterocycles. The molecular weight excluding hydrogens is 220 g/mol. The highest BCUT2D eigenvalue weighted by atomic mass is 32.2. The number of thioether (sulfide) groups is 1. The van der Waals surface area contributed by atoms with Crippen molar-refractivity contribution in [3.8, 4) is 0 Å². The van der Waals surface area contributed by atoms with Gasteiger partial charge in [0.25, 0.3) is 0 Å². The zero-order valence-electron chi connectivity index (χ0n) is 11.2. The van der Waals surface area contributed by atoms with Gasteiger partial charge in [0.15, 0.2) is 0 Å². The van der Waals surface area contributed by atoms with Gasteiger partial charge in [-0.1, -0.05) is 0 Å². The molecular formula is C12H26N2OS. The molecule has 0 bridgehead atoms. The van der Waals surface area contributed by atoms with Gasteiger partial charge in [0, 0.05) is 18.1 Å². The zero-order chi connectivity index (χ0) is 12.7. The Balaban J connectivity index is 3.93. The standard InChI is InChI=1S/C12H26N2OS/c1-9(2)14(10(3)4)12(15)8-16-7-6-11(5)13/h9-11H,6-8,13H2,1-5H3. The van der Waals surface area contributed by atoms with Gasteiger partial charge in [0.05, 0.1) is 5.75 Å². The fourth-order valence-electron chi connectivity index (χ4n) is 1.68. The number of rotatable bonds is 7. The molecule has 0 aromatic heterocycles. The van der Waals surface area contributed by atoms with Gasteiger partial charge >= 0.3 is 0 Å². The molecule has 1 unspecified atom stereocenters. The van der Waals surface area contributed by atoms with Gasteiger partial charge in [-0.25, -0.2) is 0 Å². The Morgan fingerprint density at radius 3 is 2.06 bits per heavy atom. The Bertz CT molecular complexity index is 197. The molecule has 0 aromatic rings. The zero-order valence-corrected chi connectivity index (χ0v) is 12.0. The third-order valence-electron chi connectivity index (χ3n) is 2.34. The first-order valence-corrected chi connectivity index (χ1v) is 7.16. The van der Waals surface area contributed by atoms with Crippen LogP contribution in [0, 0.1) is 0 Å². The predicted molar refractivity (Wildman–Crippen MR) is 72.7 cm³/mol. The number of amides is 1. The molecule has 0 fully saturated rings. The fourth-order valence-corrected chi connectivity index (χ4v) is 2.68. The van der Waals surface area contributed by atoms with E-state index in [-0.39, 0.29) is 24.0 Å². The normalized spacial score (nSPS) is 13.2. The summed E-state index contributed by atoms with van der Waals surface area (Å²) >= 11 is 1.68. The van der Waals surface area contributed by atoms with E-state index < -0.39 is 0 Å². The van der Waals surface area contributed by atoms with E-state index in [1.165, 1.54) is 0 Å². The Labute approximate surface area is 104 Å². The lowest BCUT2D eigenvalue weighted by Crippen LogP contribution is -2.43. The highest BCUT2D eigenvalue weighted by Crippen LogP contribution is 2.11. The molecule has 1 amide bonds. The lowest BCUT2D eigenvalue weighted by Gasteiger charge is -2.30. The number of carbonyl (C=O) groups excluding carboxylic acids is 1. The summed E-state index contributed by atoms with van der Waals surface area (Å²) in [5.41, 5.74) is 5.66. The second kappa shape index (κ2) is 7.96. The number of nitrogens with zero attached hydrogens (tertiary/aromatic N) is 1.